The first-order valence-electron chi connectivity index (χ1n) is 5.41. The largest absolute Gasteiger partial charge is 0.347 e. The fourth-order valence-electron chi connectivity index (χ4n) is 1.44. The van der Waals surface area contributed by atoms with Crippen molar-refractivity contribution in [3.63, 3.8) is 0 Å². The Labute approximate surface area is 108 Å². The fourth-order valence-corrected chi connectivity index (χ4v) is 2.73. The number of carbonyl (C=O) groups is 1. The summed E-state index contributed by atoms with van der Waals surface area (Å²) in [4.78, 5) is 12.6. The second kappa shape index (κ2) is 5.88. The van der Waals surface area contributed by atoms with Gasteiger partial charge in [0.2, 0.25) is 0 Å². The second-order valence-corrected chi connectivity index (χ2v) is 5.15. The van der Waals surface area contributed by atoms with Crippen LogP contribution in [0, 0.1) is 0 Å². The van der Waals surface area contributed by atoms with Gasteiger partial charge in [0.1, 0.15) is 4.88 Å². The molecular weight excluding hydrogens is 254 g/mol. The highest BCUT2D eigenvalue weighted by Gasteiger charge is 2.15. The summed E-state index contributed by atoms with van der Waals surface area (Å²) in [6.45, 7) is 2.62. The van der Waals surface area contributed by atoms with E-state index in [-0.39, 0.29) is 5.91 Å². The number of thiophene rings is 1. The van der Waals surface area contributed by atoms with Crippen LogP contribution in [0.15, 0.2) is 16.8 Å². The lowest BCUT2D eigenvalue weighted by Gasteiger charge is -2.02. The molecule has 1 amide bonds. The van der Waals surface area contributed by atoms with Gasteiger partial charge in [0.05, 0.1) is 5.69 Å². The summed E-state index contributed by atoms with van der Waals surface area (Å²) in [6.07, 6.45) is 1.77. The summed E-state index contributed by atoms with van der Waals surface area (Å²) in [5.74, 6) is -0.0744. The predicted molar refractivity (Wildman–Crippen MR) is 69.4 cm³/mol. The number of amides is 1. The Morgan fingerprint density at radius 3 is 3.12 bits per heavy atom. The molecule has 0 saturated heterocycles. The minimum atomic E-state index is -0.0744. The van der Waals surface area contributed by atoms with Crippen molar-refractivity contribution in [2.45, 2.75) is 26.3 Å². The molecule has 1 N–H and O–H groups in total. The van der Waals surface area contributed by atoms with Gasteiger partial charge in [-0.2, -0.15) is 11.3 Å². The first kappa shape index (κ1) is 12.2. The van der Waals surface area contributed by atoms with E-state index >= 15 is 0 Å². The van der Waals surface area contributed by atoms with E-state index in [1.54, 1.807) is 11.3 Å². The van der Waals surface area contributed by atoms with Crippen molar-refractivity contribution in [3.8, 4) is 0 Å². The van der Waals surface area contributed by atoms with Crippen molar-refractivity contribution < 1.29 is 4.79 Å². The molecule has 90 valence electrons. The maximum atomic E-state index is 11.9. The molecule has 4 nitrogen and oxygen atoms in total. The SMILES string of the molecule is CCCc1nnsc1C(=O)NCc1ccsc1. The van der Waals surface area contributed by atoms with Gasteiger partial charge in [-0.1, -0.05) is 17.8 Å². The maximum Gasteiger partial charge on any atom is 0.265 e. The molecule has 0 bridgehead atoms. The normalized spacial score (nSPS) is 10.4. The summed E-state index contributed by atoms with van der Waals surface area (Å²) in [5.41, 5.74) is 1.93. The monoisotopic (exact) mass is 267 g/mol. The number of aromatic nitrogens is 2. The Morgan fingerprint density at radius 1 is 1.53 bits per heavy atom. The van der Waals surface area contributed by atoms with E-state index in [0.717, 1.165) is 35.6 Å². The lowest BCUT2D eigenvalue weighted by Crippen LogP contribution is -2.22. The van der Waals surface area contributed by atoms with Crippen molar-refractivity contribution in [1.29, 1.82) is 0 Å². The molecule has 0 atom stereocenters. The molecule has 0 fully saturated rings. The predicted octanol–water partition coefficient (Wildman–Crippen LogP) is 2.48. The standard InChI is InChI=1S/C11H13N3OS2/c1-2-3-9-10(17-14-13-9)11(15)12-6-8-4-5-16-7-8/h4-5,7H,2-3,6H2,1H3,(H,12,15). The molecule has 2 aromatic heterocycles. The number of hydrogen-bond donors (Lipinski definition) is 1. The van der Waals surface area contributed by atoms with E-state index < -0.39 is 0 Å². The van der Waals surface area contributed by atoms with Gasteiger partial charge in [0, 0.05) is 6.54 Å². The van der Waals surface area contributed by atoms with Crippen LogP contribution in [0.1, 0.15) is 34.3 Å². The lowest BCUT2D eigenvalue weighted by molar-refractivity contribution is 0.0954. The Bertz CT molecular complexity index is 479. The smallest absolute Gasteiger partial charge is 0.265 e. The van der Waals surface area contributed by atoms with Gasteiger partial charge in [-0.25, -0.2) is 0 Å². The first-order chi connectivity index (χ1) is 8.31. The molecule has 17 heavy (non-hydrogen) atoms. The van der Waals surface area contributed by atoms with Crippen molar-refractivity contribution >= 4 is 28.8 Å². The van der Waals surface area contributed by atoms with Gasteiger partial charge in [-0.15, -0.1) is 5.10 Å². The summed E-state index contributed by atoms with van der Waals surface area (Å²) in [5, 5.41) is 10.9. The highest BCUT2D eigenvalue weighted by Crippen LogP contribution is 2.13. The van der Waals surface area contributed by atoms with Crippen LogP contribution in [0.25, 0.3) is 0 Å². The molecule has 0 unspecified atom stereocenters. The molecule has 0 aromatic carbocycles. The van der Waals surface area contributed by atoms with Gasteiger partial charge < -0.3 is 5.32 Å². The van der Waals surface area contributed by atoms with Crippen LogP contribution in [0.2, 0.25) is 0 Å². The Kier molecular flexibility index (Phi) is 4.22. The van der Waals surface area contributed by atoms with Gasteiger partial charge in [0.25, 0.3) is 5.91 Å². The van der Waals surface area contributed by atoms with E-state index in [1.165, 1.54) is 0 Å². The summed E-state index contributed by atoms with van der Waals surface area (Å²) in [7, 11) is 0. The Hall–Kier alpha value is -1.27. The van der Waals surface area contributed by atoms with Crippen molar-refractivity contribution in [1.82, 2.24) is 14.9 Å². The lowest BCUT2D eigenvalue weighted by atomic mass is 10.2. The minimum absolute atomic E-state index is 0.0744. The van der Waals surface area contributed by atoms with Crippen molar-refractivity contribution in [2.75, 3.05) is 0 Å². The van der Waals surface area contributed by atoms with E-state index in [1.807, 2.05) is 16.8 Å². The number of rotatable bonds is 5. The van der Waals surface area contributed by atoms with Gasteiger partial charge in [-0.05, 0) is 40.3 Å². The first-order valence-corrected chi connectivity index (χ1v) is 7.13. The van der Waals surface area contributed by atoms with Crippen molar-refractivity contribution in [2.24, 2.45) is 0 Å². The third-order valence-electron chi connectivity index (χ3n) is 2.28. The zero-order valence-electron chi connectivity index (χ0n) is 9.47. The number of hydrogen-bond acceptors (Lipinski definition) is 5. The molecular formula is C11H13N3OS2. The zero-order chi connectivity index (χ0) is 12.1. The van der Waals surface area contributed by atoms with Gasteiger partial charge in [-0.3, -0.25) is 4.79 Å². The van der Waals surface area contributed by atoms with Crippen LogP contribution in [0.3, 0.4) is 0 Å². The molecule has 0 aliphatic heterocycles. The molecule has 0 spiro atoms. The average Bonchev–Trinajstić information content (AvgIpc) is 2.97. The second-order valence-electron chi connectivity index (χ2n) is 3.61. The molecule has 0 aliphatic rings. The van der Waals surface area contributed by atoms with Crippen LogP contribution < -0.4 is 5.32 Å². The zero-order valence-corrected chi connectivity index (χ0v) is 11.1. The molecule has 0 saturated carbocycles. The van der Waals surface area contributed by atoms with E-state index in [2.05, 4.69) is 21.8 Å². The minimum Gasteiger partial charge on any atom is -0.347 e. The molecule has 2 rings (SSSR count). The van der Waals surface area contributed by atoms with E-state index in [4.69, 9.17) is 0 Å². The molecule has 6 heteroatoms. The number of nitrogens with one attached hydrogen (secondary N) is 1. The van der Waals surface area contributed by atoms with E-state index in [9.17, 15) is 4.79 Å². The Balaban J connectivity index is 1.97. The van der Waals surface area contributed by atoms with Crippen LogP contribution in [0.5, 0.6) is 0 Å². The van der Waals surface area contributed by atoms with Gasteiger partial charge in [0.15, 0.2) is 0 Å². The topological polar surface area (TPSA) is 54.9 Å². The molecule has 0 radical (unpaired) electrons. The highest BCUT2D eigenvalue weighted by molar-refractivity contribution is 7.08. The highest BCUT2D eigenvalue weighted by atomic mass is 32.1. The molecule has 2 heterocycles. The number of nitrogens with zero attached hydrogens (tertiary/aromatic N) is 2. The Morgan fingerprint density at radius 2 is 2.41 bits per heavy atom. The molecule has 0 aliphatic carbocycles. The maximum absolute atomic E-state index is 11.9. The van der Waals surface area contributed by atoms with Crippen molar-refractivity contribution in [3.05, 3.63) is 33.0 Å². The average molecular weight is 267 g/mol. The quantitative estimate of drug-likeness (QED) is 0.905. The number of aryl methyl sites for hydroxylation is 1. The fraction of sp³-hybridized carbons (Fsp3) is 0.364. The van der Waals surface area contributed by atoms with Crippen LogP contribution in [0.4, 0.5) is 0 Å². The number of carbonyl (C=O) groups excluding carboxylic acids is 1. The summed E-state index contributed by atoms with van der Waals surface area (Å²) >= 11 is 2.79. The summed E-state index contributed by atoms with van der Waals surface area (Å²) < 4.78 is 3.84. The van der Waals surface area contributed by atoms with Crippen LogP contribution in [-0.4, -0.2) is 15.5 Å². The van der Waals surface area contributed by atoms with Gasteiger partial charge >= 0.3 is 0 Å². The van der Waals surface area contributed by atoms with Crippen LogP contribution >= 0.6 is 22.9 Å². The van der Waals surface area contributed by atoms with E-state index in [0.29, 0.717) is 11.4 Å². The third kappa shape index (κ3) is 3.10. The molecule has 2 aromatic rings. The van der Waals surface area contributed by atoms with Crippen LogP contribution in [-0.2, 0) is 13.0 Å². The summed E-state index contributed by atoms with van der Waals surface area (Å²) in [6, 6.07) is 2.00. The third-order valence-corrected chi connectivity index (χ3v) is 3.78.